The Morgan fingerprint density at radius 2 is 1.75 bits per heavy atom. The standard InChI is InChI=1S/C25H31N3O4/c1-5-14-28(17-18-12-13-21(32-15-6-2)22(16-18)31-7-3)25(30)23-19-10-8-9-11-20(19)24(29)27(4)26-23/h8-13,16H,5-7,14-15,17H2,1-4H3. The summed E-state index contributed by atoms with van der Waals surface area (Å²) in [4.78, 5) is 27.7. The van der Waals surface area contributed by atoms with Crippen molar-refractivity contribution in [2.75, 3.05) is 19.8 Å². The molecule has 0 spiro atoms. The van der Waals surface area contributed by atoms with Crippen LogP contribution in [-0.4, -0.2) is 40.3 Å². The van der Waals surface area contributed by atoms with Crippen molar-refractivity contribution in [1.82, 2.24) is 14.7 Å². The van der Waals surface area contributed by atoms with E-state index in [1.807, 2.05) is 38.1 Å². The highest BCUT2D eigenvalue weighted by Crippen LogP contribution is 2.29. The van der Waals surface area contributed by atoms with E-state index in [1.54, 1.807) is 30.1 Å². The summed E-state index contributed by atoms with van der Waals surface area (Å²) in [5.41, 5.74) is 1.00. The molecule has 1 amide bonds. The van der Waals surface area contributed by atoms with E-state index in [2.05, 4.69) is 12.0 Å². The lowest BCUT2D eigenvalue weighted by Crippen LogP contribution is -2.34. The molecule has 1 heterocycles. The number of ether oxygens (including phenoxy) is 2. The first kappa shape index (κ1) is 23.3. The van der Waals surface area contributed by atoms with Gasteiger partial charge in [0.2, 0.25) is 0 Å². The largest absolute Gasteiger partial charge is 0.490 e. The van der Waals surface area contributed by atoms with Gasteiger partial charge in [-0.05, 0) is 43.5 Å². The van der Waals surface area contributed by atoms with Crippen LogP contribution >= 0.6 is 0 Å². The number of amides is 1. The summed E-state index contributed by atoms with van der Waals surface area (Å²) in [6.07, 6.45) is 1.71. The van der Waals surface area contributed by atoms with Crippen molar-refractivity contribution < 1.29 is 14.3 Å². The normalized spacial score (nSPS) is 10.9. The van der Waals surface area contributed by atoms with E-state index >= 15 is 0 Å². The van der Waals surface area contributed by atoms with Crippen LogP contribution < -0.4 is 15.0 Å². The molecule has 7 nitrogen and oxygen atoms in total. The molecule has 0 fully saturated rings. The molecule has 0 saturated carbocycles. The number of hydrogen-bond acceptors (Lipinski definition) is 5. The summed E-state index contributed by atoms with van der Waals surface area (Å²) in [5, 5.41) is 5.37. The van der Waals surface area contributed by atoms with Gasteiger partial charge in [-0.25, -0.2) is 4.68 Å². The Labute approximate surface area is 188 Å². The molecule has 3 aromatic rings. The van der Waals surface area contributed by atoms with Gasteiger partial charge < -0.3 is 14.4 Å². The molecule has 7 heteroatoms. The number of hydrogen-bond donors (Lipinski definition) is 0. The molecule has 0 bridgehead atoms. The minimum absolute atomic E-state index is 0.206. The van der Waals surface area contributed by atoms with E-state index in [1.165, 1.54) is 4.68 Å². The van der Waals surface area contributed by atoms with Gasteiger partial charge in [0, 0.05) is 25.5 Å². The lowest BCUT2D eigenvalue weighted by molar-refractivity contribution is 0.0737. The topological polar surface area (TPSA) is 73.7 Å². The Kier molecular flexibility index (Phi) is 7.87. The first-order chi connectivity index (χ1) is 15.5. The van der Waals surface area contributed by atoms with Gasteiger partial charge in [0.1, 0.15) is 0 Å². The molecule has 32 heavy (non-hydrogen) atoms. The number of aromatic nitrogens is 2. The lowest BCUT2D eigenvalue weighted by atomic mass is 10.1. The molecule has 0 radical (unpaired) electrons. The fourth-order valence-corrected chi connectivity index (χ4v) is 3.60. The number of benzene rings is 2. The van der Waals surface area contributed by atoms with Crippen molar-refractivity contribution in [3.8, 4) is 11.5 Å². The van der Waals surface area contributed by atoms with Crippen LogP contribution in [0.1, 0.15) is 49.7 Å². The van der Waals surface area contributed by atoms with E-state index < -0.39 is 0 Å². The summed E-state index contributed by atoms with van der Waals surface area (Å²) in [6, 6.07) is 12.9. The van der Waals surface area contributed by atoms with Crippen LogP contribution in [0, 0.1) is 0 Å². The summed E-state index contributed by atoms with van der Waals surface area (Å²) in [7, 11) is 1.57. The van der Waals surface area contributed by atoms with Crippen LogP contribution in [0.3, 0.4) is 0 Å². The predicted molar refractivity (Wildman–Crippen MR) is 125 cm³/mol. The van der Waals surface area contributed by atoms with Crippen LogP contribution in [0.2, 0.25) is 0 Å². The highest BCUT2D eigenvalue weighted by Gasteiger charge is 2.22. The number of nitrogens with zero attached hydrogens (tertiary/aromatic N) is 3. The van der Waals surface area contributed by atoms with Gasteiger partial charge in [0.05, 0.1) is 18.6 Å². The second-order valence-electron chi connectivity index (χ2n) is 7.61. The second-order valence-corrected chi connectivity index (χ2v) is 7.61. The molecule has 0 aliphatic carbocycles. The Bertz CT molecular complexity index is 1140. The molecule has 0 N–H and O–H groups in total. The van der Waals surface area contributed by atoms with Crippen LogP contribution in [0.5, 0.6) is 11.5 Å². The molecule has 0 unspecified atom stereocenters. The minimum atomic E-state index is -0.219. The van der Waals surface area contributed by atoms with Crippen molar-refractivity contribution >= 4 is 16.7 Å². The molecule has 0 atom stereocenters. The second kappa shape index (κ2) is 10.8. The molecule has 0 aliphatic rings. The number of fused-ring (bicyclic) bond motifs is 1. The zero-order chi connectivity index (χ0) is 23.1. The average molecular weight is 438 g/mol. The maximum absolute atomic E-state index is 13.5. The fraction of sp³-hybridized carbons (Fsp3) is 0.400. The van der Waals surface area contributed by atoms with Crippen LogP contribution in [-0.2, 0) is 13.6 Å². The molecule has 1 aromatic heterocycles. The Morgan fingerprint density at radius 3 is 2.44 bits per heavy atom. The van der Waals surface area contributed by atoms with Crippen molar-refractivity contribution in [3.63, 3.8) is 0 Å². The maximum atomic E-state index is 13.5. The smallest absolute Gasteiger partial charge is 0.275 e. The molecular formula is C25H31N3O4. The summed E-state index contributed by atoms with van der Waals surface area (Å²) in [5.74, 6) is 1.17. The monoisotopic (exact) mass is 437 g/mol. The SMILES string of the molecule is CCCOc1ccc(CN(CCC)C(=O)c2nn(C)c(=O)c3ccccc23)cc1OCC. The Hall–Kier alpha value is -3.35. The number of aryl methyl sites for hydroxylation is 1. The van der Waals surface area contributed by atoms with Gasteiger partial charge in [-0.3, -0.25) is 9.59 Å². The van der Waals surface area contributed by atoms with Crippen molar-refractivity contribution in [3.05, 3.63) is 64.1 Å². The summed E-state index contributed by atoms with van der Waals surface area (Å²) < 4.78 is 12.8. The van der Waals surface area contributed by atoms with Crippen molar-refractivity contribution in [1.29, 1.82) is 0 Å². The predicted octanol–water partition coefficient (Wildman–Crippen LogP) is 4.17. The zero-order valence-electron chi connectivity index (χ0n) is 19.3. The molecule has 2 aromatic carbocycles. The van der Waals surface area contributed by atoms with Gasteiger partial charge in [0.25, 0.3) is 11.5 Å². The average Bonchev–Trinajstić information content (AvgIpc) is 2.80. The number of carbonyl (C=O) groups is 1. The molecule has 170 valence electrons. The van der Waals surface area contributed by atoms with Gasteiger partial charge in [0.15, 0.2) is 17.2 Å². The third kappa shape index (κ3) is 5.10. The van der Waals surface area contributed by atoms with E-state index in [4.69, 9.17) is 9.47 Å². The van der Waals surface area contributed by atoms with E-state index in [0.717, 1.165) is 18.4 Å². The van der Waals surface area contributed by atoms with Crippen molar-refractivity contribution in [2.45, 2.75) is 40.2 Å². The van der Waals surface area contributed by atoms with Gasteiger partial charge in [-0.2, -0.15) is 5.10 Å². The van der Waals surface area contributed by atoms with Crippen LogP contribution in [0.25, 0.3) is 10.8 Å². The Balaban J connectivity index is 1.95. The Morgan fingerprint density at radius 1 is 1.00 bits per heavy atom. The third-order valence-electron chi connectivity index (χ3n) is 5.08. The summed E-state index contributed by atoms with van der Waals surface area (Å²) >= 11 is 0. The molecule has 3 rings (SSSR count). The fourth-order valence-electron chi connectivity index (χ4n) is 3.60. The highest BCUT2D eigenvalue weighted by molar-refractivity contribution is 6.04. The summed E-state index contributed by atoms with van der Waals surface area (Å²) in [6.45, 7) is 8.12. The van der Waals surface area contributed by atoms with Crippen LogP contribution in [0.4, 0.5) is 0 Å². The zero-order valence-corrected chi connectivity index (χ0v) is 19.3. The highest BCUT2D eigenvalue weighted by atomic mass is 16.5. The van der Waals surface area contributed by atoms with Gasteiger partial charge in [-0.15, -0.1) is 0 Å². The third-order valence-corrected chi connectivity index (χ3v) is 5.08. The number of rotatable bonds is 10. The van der Waals surface area contributed by atoms with E-state index in [9.17, 15) is 9.59 Å². The molecular weight excluding hydrogens is 406 g/mol. The van der Waals surface area contributed by atoms with Crippen LogP contribution in [0.15, 0.2) is 47.3 Å². The molecule has 0 saturated heterocycles. The maximum Gasteiger partial charge on any atom is 0.275 e. The van der Waals surface area contributed by atoms with Gasteiger partial charge in [-0.1, -0.05) is 38.1 Å². The number of carbonyl (C=O) groups excluding carboxylic acids is 1. The van der Waals surface area contributed by atoms with E-state index in [-0.39, 0.29) is 17.2 Å². The van der Waals surface area contributed by atoms with Crippen molar-refractivity contribution in [2.24, 2.45) is 7.05 Å². The van der Waals surface area contributed by atoms with Gasteiger partial charge >= 0.3 is 0 Å². The lowest BCUT2D eigenvalue weighted by Gasteiger charge is -2.23. The quantitative estimate of drug-likeness (QED) is 0.476. The molecule has 0 aliphatic heterocycles. The van der Waals surface area contributed by atoms with E-state index in [0.29, 0.717) is 48.6 Å². The first-order valence-electron chi connectivity index (χ1n) is 11.1. The first-order valence-corrected chi connectivity index (χ1v) is 11.1. The minimum Gasteiger partial charge on any atom is -0.490 e.